The largest absolute Gasteiger partial charge is 0.280 e. The van der Waals surface area contributed by atoms with Crippen LogP contribution in [0.25, 0.3) is 22.3 Å². The number of aliphatic imine (C=N–C) groups is 1. The quantitative estimate of drug-likeness (QED) is 0.227. The molecular formula is C35H29N. The summed E-state index contributed by atoms with van der Waals surface area (Å²) in [7, 11) is 0. The first kappa shape index (κ1) is 22.2. The van der Waals surface area contributed by atoms with Gasteiger partial charge in [-0.25, -0.2) is 0 Å². The van der Waals surface area contributed by atoms with E-state index in [4.69, 9.17) is 4.99 Å². The van der Waals surface area contributed by atoms with Gasteiger partial charge in [0.1, 0.15) is 6.04 Å². The molecule has 5 aromatic rings. The second kappa shape index (κ2) is 9.43. The molecule has 1 heteroatoms. The van der Waals surface area contributed by atoms with Gasteiger partial charge in [0.05, 0.1) is 0 Å². The highest BCUT2D eigenvalue weighted by Crippen LogP contribution is 2.42. The lowest BCUT2D eigenvalue weighted by molar-refractivity contribution is 0.864. The highest BCUT2D eigenvalue weighted by molar-refractivity contribution is 5.81. The Labute approximate surface area is 213 Å². The monoisotopic (exact) mass is 463 g/mol. The topological polar surface area (TPSA) is 12.4 Å². The number of fused-ring (bicyclic) bond motifs is 3. The Balaban J connectivity index is 1.51. The molecule has 0 N–H and O–H groups in total. The predicted octanol–water partition coefficient (Wildman–Crippen LogP) is 8.75. The van der Waals surface area contributed by atoms with E-state index in [9.17, 15) is 0 Å². The summed E-state index contributed by atoms with van der Waals surface area (Å²) in [5.41, 5.74) is 14.2. The van der Waals surface area contributed by atoms with Crippen molar-refractivity contribution >= 4 is 6.21 Å². The molecule has 0 fully saturated rings. The number of aryl methyl sites for hydroxylation is 2. The van der Waals surface area contributed by atoms with Crippen LogP contribution >= 0.6 is 0 Å². The summed E-state index contributed by atoms with van der Waals surface area (Å²) in [5, 5.41) is 0. The van der Waals surface area contributed by atoms with Gasteiger partial charge in [0.15, 0.2) is 0 Å². The first-order valence-electron chi connectivity index (χ1n) is 12.6. The lowest BCUT2D eigenvalue weighted by Crippen LogP contribution is -2.04. The Morgan fingerprint density at radius 3 is 2.14 bits per heavy atom. The normalized spacial score (nSPS) is 12.9. The molecule has 0 bridgehead atoms. The maximum Gasteiger partial charge on any atom is 0.100 e. The van der Waals surface area contributed by atoms with Crippen LogP contribution in [0, 0.1) is 13.8 Å². The lowest BCUT2D eigenvalue weighted by atomic mass is 9.88. The second-order valence-electron chi connectivity index (χ2n) is 9.69. The highest BCUT2D eigenvalue weighted by Gasteiger charge is 2.25. The van der Waals surface area contributed by atoms with E-state index in [-0.39, 0.29) is 6.04 Å². The third-order valence-corrected chi connectivity index (χ3v) is 7.37. The first-order chi connectivity index (χ1) is 17.7. The Hall–Kier alpha value is -4.23. The van der Waals surface area contributed by atoms with E-state index >= 15 is 0 Å². The van der Waals surface area contributed by atoms with E-state index in [1.807, 2.05) is 12.3 Å². The highest BCUT2D eigenvalue weighted by atomic mass is 14.8. The molecule has 0 saturated heterocycles. The van der Waals surface area contributed by atoms with Crippen molar-refractivity contribution in [3.05, 3.63) is 154 Å². The molecule has 1 aliphatic carbocycles. The van der Waals surface area contributed by atoms with Gasteiger partial charge in [-0.15, -0.1) is 0 Å². The molecule has 6 rings (SSSR count). The number of rotatable bonds is 5. The van der Waals surface area contributed by atoms with E-state index in [1.165, 1.54) is 55.6 Å². The molecule has 36 heavy (non-hydrogen) atoms. The molecule has 0 aliphatic heterocycles. The van der Waals surface area contributed by atoms with Crippen LogP contribution in [0.5, 0.6) is 0 Å². The van der Waals surface area contributed by atoms with Crippen LogP contribution in [0.1, 0.15) is 45.0 Å². The number of hydrogen-bond acceptors (Lipinski definition) is 1. The van der Waals surface area contributed by atoms with E-state index < -0.39 is 0 Å². The van der Waals surface area contributed by atoms with Crippen LogP contribution in [0.15, 0.2) is 120 Å². The summed E-state index contributed by atoms with van der Waals surface area (Å²) < 4.78 is 0. The standard InChI is InChI=1S/C35H29N/c1-24-11-6-8-15-29(24)33-22-28(20-19-25(33)2)35(36-23-26-12-4-3-5-13-26)32-18-10-17-31-30-16-9-7-14-27(30)21-34(31)32/h3-20,22-23,35H,21H2,1-2H3. The average molecular weight is 464 g/mol. The molecule has 0 heterocycles. The van der Waals surface area contributed by atoms with Gasteiger partial charge in [0.2, 0.25) is 0 Å². The van der Waals surface area contributed by atoms with Crippen LogP contribution in [0.4, 0.5) is 0 Å². The molecule has 1 aliphatic rings. The summed E-state index contributed by atoms with van der Waals surface area (Å²) in [4.78, 5) is 5.24. The van der Waals surface area contributed by atoms with Gasteiger partial charge in [0, 0.05) is 6.21 Å². The van der Waals surface area contributed by atoms with Gasteiger partial charge in [0.25, 0.3) is 0 Å². The molecule has 0 amide bonds. The molecule has 0 spiro atoms. The number of hydrogen-bond donors (Lipinski definition) is 0. The Bertz CT molecular complexity index is 1580. The average Bonchev–Trinajstić information content (AvgIpc) is 3.30. The SMILES string of the molecule is Cc1ccccc1-c1cc(C(N=Cc2ccccc2)c2cccc3c2Cc2ccccc2-3)ccc1C. The second-order valence-corrected chi connectivity index (χ2v) is 9.69. The molecule has 5 aromatic carbocycles. The predicted molar refractivity (Wildman–Crippen MR) is 152 cm³/mol. The maximum atomic E-state index is 5.24. The Morgan fingerprint density at radius 2 is 1.31 bits per heavy atom. The number of benzene rings is 5. The zero-order chi connectivity index (χ0) is 24.5. The minimum atomic E-state index is -0.0853. The van der Waals surface area contributed by atoms with Crippen LogP contribution in [-0.2, 0) is 6.42 Å². The summed E-state index contributed by atoms with van der Waals surface area (Å²) in [6.07, 6.45) is 2.98. The summed E-state index contributed by atoms with van der Waals surface area (Å²) in [5.74, 6) is 0. The van der Waals surface area contributed by atoms with Crippen LogP contribution in [-0.4, -0.2) is 6.21 Å². The fraction of sp³-hybridized carbons (Fsp3) is 0.114. The van der Waals surface area contributed by atoms with Crippen molar-refractivity contribution in [2.24, 2.45) is 4.99 Å². The molecule has 0 aromatic heterocycles. The van der Waals surface area contributed by atoms with Gasteiger partial charge in [-0.1, -0.05) is 109 Å². The fourth-order valence-corrected chi connectivity index (χ4v) is 5.46. The van der Waals surface area contributed by atoms with Crippen molar-refractivity contribution in [2.75, 3.05) is 0 Å². The molecule has 1 nitrogen and oxygen atoms in total. The van der Waals surface area contributed by atoms with Crippen molar-refractivity contribution < 1.29 is 0 Å². The van der Waals surface area contributed by atoms with Crippen molar-refractivity contribution in [1.29, 1.82) is 0 Å². The molecule has 0 saturated carbocycles. The summed E-state index contributed by atoms with van der Waals surface area (Å²) in [6.45, 7) is 4.39. The zero-order valence-corrected chi connectivity index (χ0v) is 20.8. The molecule has 1 atom stereocenters. The number of nitrogens with zero attached hydrogens (tertiary/aromatic N) is 1. The third-order valence-electron chi connectivity index (χ3n) is 7.37. The van der Waals surface area contributed by atoms with Crippen LogP contribution < -0.4 is 0 Å². The third kappa shape index (κ3) is 4.07. The fourth-order valence-electron chi connectivity index (χ4n) is 5.46. The van der Waals surface area contributed by atoms with Crippen molar-refractivity contribution in [3.63, 3.8) is 0 Å². The van der Waals surface area contributed by atoms with Crippen molar-refractivity contribution in [1.82, 2.24) is 0 Å². The van der Waals surface area contributed by atoms with E-state index in [2.05, 4.69) is 123 Å². The van der Waals surface area contributed by atoms with E-state index in [0.717, 1.165) is 12.0 Å². The minimum absolute atomic E-state index is 0.0853. The van der Waals surface area contributed by atoms with Gasteiger partial charge in [-0.3, -0.25) is 4.99 Å². The minimum Gasteiger partial charge on any atom is -0.280 e. The molecule has 1 unspecified atom stereocenters. The van der Waals surface area contributed by atoms with Gasteiger partial charge >= 0.3 is 0 Å². The van der Waals surface area contributed by atoms with Crippen LogP contribution in [0.3, 0.4) is 0 Å². The first-order valence-corrected chi connectivity index (χ1v) is 12.6. The Morgan fingerprint density at radius 1 is 0.611 bits per heavy atom. The Kier molecular flexibility index (Phi) is 5.83. The van der Waals surface area contributed by atoms with Gasteiger partial charge in [-0.2, -0.15) is 0 Å². The van der Waals surface area contributed by atoms with Gasteiger partial charge < -0.3 is 0 Å². The van der Waals surface area contributed by atoms with Crippen molar-refractivity contribution in [2.45, 2.75) is 26.3 Å². The van der Waals surface area contributed by atoms with Crippen LogP contribution in [0.2, 0.25) is 0 Å². The van der Waals surface area contributed by atoms with Gasteiger partial charge in [-0.05, 0) is 87.5 Å². The molecular weight excluding hydrogens is 434 g/mol. The van der Waals surface area contributed by atoms with E-state index in [1.54, 1.807) is 0 Å². The summed E-state index contributed by atoms with van der Waals surface area (Å²) in [6, 6.07) is 41.3. The molecule has 174 valence electrons. The molecule has 0 radical (unpaired) electrons. The smallest absolute Gasteiger partial charge is 0.100 e. The zero-order valence-electron chi connectivity index (χ0n) is 20.8. The van der Waals surface area contributed by atoms with Crippen molar-refractivity contribution in [3.8, 4) is 22.3 Å². The van der Waals surface area contributed by atoms with E-state index in [0.29, 0.717) is 0 Å². The lowest BCUT2D eigenvalue weighted by Gasteiger charge is -2.20. The summed E-state index contributed by atoms with van der Waals surface area (Å²) >= 11 is 0. The maximum absolute atomic E-state index is 5.24.